The summed E-state index contributed by atoms with van der Waals surface area (Å²) in [6, 6.07) is 17.1. The van der Waals surface area contributed by atoms with Crippen molar-refractivity contribution in [1.82, 2.24) is 14.1 Å². The molecule has 2 aromatic heterocycles. The van der Waals surface area contributed by atoms with Gasteiger partial charge in [-0.1, -0.05) is 50.6 Å². The zero-order chi connectivity index (χ0) is 33.4. The van der Waals surface area contributed by atoms with Crippen LogP contribution in [-0.2, 0) is 21.9 Å². The Hall–Kier alpha value is -4.42. The predicted molar refractivity (Wildman–Crippen MR) is 176 cm³/mol. The highest BCUT2D eigenvalue weighted by molar-refractivity contribution is 7.89. The van der Waals surface area contributed by atoms with E-state index >= 15 is 0 Å². The average Bonchev–Trinajstić information content (AvgIpc) is 3.55. The van der Waals surface area contributed by atoms with Crippen LogP contribution in [0.1, 0.15) is 72.3 Å². The van der Waals surface area contributed by atoms with Gasteiger partial charge in [-0.2, -0.15) is 9.40 Å². The summed E-state index contributed by atoms with van der Waals surface area (Å²) in [5.74, 6) is -0.322. The third kappa shape index (κ3) is 7.02. The first kappa shape index (κ1) is 33.0. The van der Waals surface area contributed by atoms with Crippen molar-refractivity contribution in [2.45, 2.75) is 71.1 Å². The van der Waals surface area contributed by atoms with E-state index in [9.17, 15) is 23.1 Å². The maximum atomic E-state index is 13.4. The number of hydrogen-bond donors (Lipinski definition) is 3. The highest BCUT2D eigenvalue weighted by Gasteiger charge is 2.37. The molecule has 0 atom stereocenters. The summed E-state index contributed by atoms with van der Waals surface area (Å²) in [6.07, 6.45) is 2.05. The molecule has 0 radical (unpaired) electrons. The van der Waals surface area contributed by atoms with Gasteiger partial charge in [-0.3, -0.25) is 5.32 Å². The number of sulfonamides is 1. The highest BCUT2D eigenvalue weighted by Crippen LogP contribution is 2.33. The Morgan fingerprint density at radius 2 is 1.59 bits per heavy atom. The second kappa shape index (κ2) is 12.8. The quantitative estimate of drug-likeness (QED) is 0.193. The van der Waals surface area contributed by atoms with Gasteiger partial charge in [0.15, 0.2) is 0 Å². The molecule has 2 amide bonds. The molecule has 3 N–H and O–H groups in total. The number of furan rings is 1. The number of piperidine rings is 1. The van der Waals surface area contributed by atoms with Gasteiger partial charge < -0.3 is 14.8 Å². The van der Waals surface area contributed by atoms with Gasteiger partial charge in [0.25, 0.3) is 0 Å². The zero-order valence-electron chi connectivity index (χ0n) is 27.0. The molecule has 0 saturated carbocycles. The number of aromatic nitrogens is 2. The largest absolute Gasteiger partial charge is 0.478 e. The number of carboxylic acid groups (broad SMARTS) is 1. The van der Waals surface area contributed by atoms with Crippen LogP contribution in [0.3, 0.4) is 0 Å². The van der Waals surface area contributed by atoms with E-state index < -0.39 is 16.0 Å². The van der Waals surface area contributed by atoms with Crippen molar-refractivity contribution in [2.24, 2.45) is 5.92 Å². The number of amides is 2. The van der Waals surface area contributed by atoms with Crippen molar-refractivity contribution in [1.29, 1.82) is 0 Å². The number of nitrogens with zero attached hydrogens (tertiary/aromatic N) is 3. The summed E-state index contributed by atoms with van der Waals surface area (Å²) in [4.78, 5) is 24.5. The molecule has 0 aliphatic carbocycles. The normalized spacial score (nSPS) is 14.7. The number of anilines is 2. The van der Waals surface area contributed by atoms with Gasteiger partial charge in [0.1, 0.15) is 27.8 Å². The molecule has 12 heteroatoms. The molecule has 4 aromatic rings. The summed E-state index contributed by atoms with van der Waals surface area (Å²) >= 11 is 0. The molecule has 0 spiro atoms. The van der Waals surface area contributed by atoms with Crippen molar-refractivity contribution >= 4 is 33.5 Å². The maximum Gasteiger partial charge on any atom is 0.340 e. The topological polar surface area (TPSA) is 147 Å². The fourth-order valence-electron chi connectivity index (χ4n) is 5.76. The number of carbonyl (C=O) groups excluding carboxylic acids is 1. The summed E-state index contributed by atoms with van der Waals surface area (Å²) in [5, 5.41) is 20.2. The molecule has 0 bridgehead atoms. The van der Waals surface area contributed by atoms with E-state index in [1.165, 1.54) is 18.2 Å². The summed E-state index contributed by atoms with van der Waals surface area (Å²) in [5.41, 5.74) is 4.05. The minimum Gasteiger partial charge on any atom is -0.478 e. The van der Waals surface area contributed by atoms with Crippen LogP contribution in [0.4, 0.5) is 16.3 Å². The second-order valence-electron chi connectivity index (χ2n) is 13.0. The maximum absolute atomic E-state index is 13.4. The van der Waals surface area contributed by atoms with E-state index in [1.54, 1.807) is 4.68 Å². The molecule has 1 aliphatic heterocycles. The van der Waals surface area contributed by atoms with Crippen LogP contribution in [0.25, 0.3) is 5.69 Å². The van der Waals surface area contributed by atoms with Crippen molar-refractivity contribution in [3.05, 3.63) is 88.5 Å². The van der Waals surface area contributed by atoms with Crippen LogP contribution in [0.15, 0.2) is 63.9 Å². The van der Waals surface area contributed by atoms with Gasteiger partial charge in [-0.15, -0.1) is 0 Å². The first-order valence-electron chi connectivity index (χ1n) is 15.3. The average molecular weight is 648 g/mol. The van der Waals surface area contributed by atoms with Gasteiger partial charge in [-0.25, -0.2) is 22.7 Å². The molecule has 244 valence electrons. The molecular formula is C34H41N5O6S. The molecule has 2 aromatic carbocycles. The van der Waals surface area contributed by atoms with Crippen molar-refractivity contribution in [3.8, 4) is 5.69 Å². The van der Waals surface area contributed by atoms with Crippen LogP contribution in [-0.4, -0.2) is 52.7 Å². The molecule has 1 saturated heterocycles. The smallest absolute Gasteiger partial charge is 0.340 e. The van der Waals surface area contributed by atoms with Crippen LogP contribution < -0.4 is 10.6 Å². The fraction of sp³-hybridized carbons (Fsp3) is 0.382. The monoisotopic (exact) mass is 647 g/mol. The van der Waals surface area contributed by atoms with Crippen molar-refractivity contribution in [2.75, 3.05) is 23.7 Å². The lowest BCUT2D eigenvalue weighted by molar-refractivity contribution is 0.0691. The number of rotatable bonds is 8. The van der Waals surface area contributed by atoms with E-state index in [0.717, 1.165) is 28.9 Å². The van der Waals surface area contributed by atoms with E-state index in [2.05, 4.69) is 31.4 Å². The van der Waals surface area contributed by atoms with E-state index in [-0.39, 0.29) is 39.3 Å². The summed E-state index contributed by atoms with van der Waals surface area (Å²) in [6.45, 7) is 11.8. The Morgan fingerprint density at radius 1 is 0.957 bits per heavy atom. The summed E-state index contributed by atoms with van der Waals surface area (Å²) in [7, 11) is -4.00. The molecule has 5 rings (SSSR count). The SMILES string of the molecule is Cc1ccc(-n2nc(C(C)(C)C)cc2NC(=O)Nc2ccc(CC3CCN(S(=O)(=O)c4c(C)oc(C)c4C(=O)O)CC3)cc2)cc1. The summed E-state index contributed by atoms with van der Waals surface area (Å²) < 4.78 is 35.2. The fourth-order valence-corrected chi connectivity index (χ4v) is 7.60. The Bertz CT molecular complexity index is 1840. The molecule has 3 heterocycles. The number of hydrogen-bond acceptors (Lipinski definition) is 6. The van der Waals surface area contributed by atoms with Crippen LogP contribution >= 0.6 is 0 Å². The lowest BCUT2D eigenvalue weighted by Crippen LogP contribution is -2.39. The number of carboxylic acids is 1. The van der Waals surface area contributed by atoms with E-state index in [4.69, 9.17) is 9.52 Å². The predicted octanol–water partition coefficient (Wildman–Crippen LogP) is 6.67. The van der Waals surface area contributed by atoms with Crippen LogP contribution in [0, 0.1) is 26.7 Å². The van der Waals surface area contributed by atoms with E-state index in [1.807, 2.05) is 61.5 Å². The van der Waals surface area contributed by atoms with Gasteiger partial charge >= 0.3 is 12.0 Å². The van der Waals surface area contributed by atoms with Gasteiger partial charge in [0.05, 0.1) is 11.4 Å². The molecule has 1 aliphatic rings. The number of carbonyl (C=O) groups is 2. The number of urea groups is 1. The Kier molecular flexibility index (Phi) is 9.14. The third-order valence-corrected chi connectivity index (χ3v) is 10.4. The Morgan fingerprint density at radius 3 is 2.17 bits per heavy atom. The molecule has 46 heavy (non-hydrogen) atoms. The second-order valence-corrected chi connectivity index (χ2v) is 14.8. The standard InChI is InChI=1S/C34H41N5O6S/c1-21-7-13-27(14-8-21)39-29(20-28(37-39)34(4,5)6)36-33(42)35-26-11-9-24(10-12-26)19-25-15-17-38(18-16-25)46(43,44)31-23(3)45-22(2)30(31)32(40)41/h7-14,20,25H,15-19H2,1-6H3,(H,40,41)(H2,35,36,42). The number of benzene rings is 2. The first-order chi connectivity index (χ1) is 21.6. The Labute approximate surface area is 269 Å². The lowest BCUT2D eigenvalue weighted by atomic mass is 9.91. The minimum atomic E-state index is -4.00. The highest BCUT2D eigenvalue weighted by atomic mass is 32.2. The van der Waals surface area contributed by atoms with Crippen LogP contribution in [0.2, 0.25) is 0 Å². The zero-order valence-corrected chi connectivity index (χ0v) is 27.9. The number of aromatic carboxylic acids is 1. The number of nitrogens with one attached hydrogen (secondary N) is 2. The molecule has 1 fully saturated rings. The number of aryl methyl sites for hydroxylation is 3. The van der Waals surface area contributed by atoms with Gasteiger partial charge in [0.2, 0.25) is 10.0 Å². The third-order valence-electron chi connectivity index (χ3n) is 8.32. The van der Waals surface area contributed by atoms with Gasteiger partial charge in [0, 0.05) is 30.3 Å². The lowest BCUT2D eigenvalue weighted by Gasteiger charge is -2.31. The van der Waals surface area contributed by atoms with Crippen molar-refractivity contribution in [3.63, 3.8) is 0 Å². The molecule has 0 unspecified atom stereocenters. The molecule has 11 nitrogen and oxygen atoms in total. The van der Waals surface area contributed by atoms with E-state index in [0.29, 0.717) is 37.4 Å². The van der Waals surface area contributed by atoms with Crippen molar-refractivity contribution < 1.29 is 27.5 Å². The van der Waals surface area contributed by atoms with Gasteiger partial charge in [-0.05, 0) is 75.8 Å². The van der Waals surface area contributed by atoms with Crippen LogP contribution in [0.5, 0.6) is 0 Å². The minimum absolute atomic E-state index is 0.0809. The Balaban J connectivity index is 1.19. The first-order valence-corrected chi connectivity index (χ1v) is 16.8. The molecular weight excluding hydrogens is 606 g/mol.